The van der Waals surface area contributed by atoms with E-state index in [0.29, 0.717) is 9.99 Å². The Hall–Kier alpha value is -1.45. The van der Waals surface area contributed by atoms with Crippen molar-refractivity contribution in [2.75, 3.05) is 12.9 Å². The Labute approximate surface area is 135 Å². The first-order valence-electron chi connectivity index (χ1n) is 6.41. The Morgan fingerprint density at radius 2 is 2.23 bits per heavy atom. The van der Waals surface area contributed by atoms with Gasteiger partial charge in [-0.3, -0.25) is 9.69 Å². The van der Waals surface area contributed by atoms with E-state index in [1.54, 1.807) is 6.08 Å². The molecule has 22 heavy (non-hydrogen) atoms. The highest BCUT2D eigenvalue weighted by Gasteiger charge is 2.57. The van der Waals surface area contributed by atoms with Gasteiger partial charge in [0, 0.05) is 11.8 Å². The standard InChI is InChI=1S/C13H15NO6S2/c1-6(15)8-10(17)14-9(12(18)19)13(22-11(8)14)21-5-3-4-7(16)20-2/h3-4,6,8,11,15H,5H2,1-2H3,(H,18,19)/t6-,8+,11-/m1/s1. The molecule has 7 nitrogen and oxygen atoms in total. The van der Waals surface area contributed by atoms with Crippen molar-refractivity contribution in [1.29, 1.82) is 0 Å². The van der Waals surface area contributed by atoms with Gasteiger partial charge in [0.1, 0.15) is 5.37 Å². The number of thioether (sulfide) groups is 2. The summed E-state index contributed by atoms with van der Waals surface area (Å²) in [5.41, 5.74) is -0.0478. The molecule has 1 amide bonds. The van der Waals surface area contributed by atoms with Crippen LogP contribution in [-0.2, 0) is 19.1 Å². The van der Waals surface area contributed by atoms with E-state index in [9.17, 15) is 24.6 Å². The number of methoxy groups -OCH3 is 1. The number of fused-ring (bicyclic) bond motifs is 1. The highest BCUT2D eigenvalue weighted by atomic mass is 32.2. The summed E-state index contributed by atoms with van der Waals surface area (Å²) in [6, 6.07) is 0. The van der Waals surface area contributed by atoms with Crippen LogP contribution in [0.5, 0.6) is 0 Å². The zero-order valence-electron chi connectivity index (χ0n) is 11.9. The normalized spacial score (nSPS) is 25.2. The number of aliphatic hydroxyl groups excluding tert-OH is 1. The summed E-state index contributed by atoms with van der Waals surface area (Å²) in [6.07, 6.45) is 2.00. The third kappa shape index (κ3) is 3.01. The van der Waals surface area contributed by atoms with Crippen LogP contribution in [0, 0.1) is 5.92 Å². The molecule has 0 aliphatic carbocycles. The third-order valence-electron chi connectivity index (χ3n) is 3.23. The summed E-state index contributed by atoms with van der Waals surface area (Å²) >= 11 is 2.49. The van der Waals surface area contributed by atoms with Crippen LogP contribution in [0.2, 0.25) is 0 Å². The molecule has 0 aromatic rings. The van der Waals surface area contributed by atoms with Gasteiger partial charge < -0.3 is 14.9 Å². The first-order valence-corrected chi connectivity index (χ1v) is 8.27. The minimum absolute atomic E-state index is 0.0478. The zero-order chi connectivity index (χ0) is 16.4. The zero-order valence-corrected chi connectivity index (χ0v) is 13.5. The summed E-state index contributed by atoms with van der Waals surface area (Å²) < 4.78 is 4.96. The maximum atomic E-state index is 12.0. The lowest BCUT2D eigenvalue weighted by molar-refractivity contribution is -0.156. The smallest absolute Gasteiger partial charge is 0.354 e. The van der Waals surface area contributed by atoms with Gasteiger partial charge in [-0.1, -0.05) is 17.8 Å². The van der Waals surface area contributed by atoms with Crippen molar-refractivity contribution < 1.29 is 29.3 Å². The first kappa shape index (κ1) is 16.9. The van der Waals surface area contributed by atoms with Crippen LogP contribution in [0.1, 0.15) is 6.92 Å². The lowest BCUT2D eigenvalue weighted by Gasteiger charge is -2.43. The van der Waals surface area contributed by atoms with Gasteiger partial charge in [0.2, 0.25) is 5.91 Å². The van der Waals surface area contributed by atoms with E-state index in [1.165, 1.54) is 48.5 Å². The van der Waals surface area contributed by atoms with Crippen molar-refractivity contribution >= 4 is 41.4 Å². The number of carbonyl (C=O) groups excluding carboxylic acids is 2. The molecule has 2 N–H and O–H groups in total. The number of rotatable bonds is 6. The Kier molecular flexibility index (Phi) is 5.20. The lowest BCUT2D eigenvalue weighted by Crippen LogP contribution is -2.60. The number of amides is 1. The Balaban J connectivity index is 2.07. The molecule has 0 saturated carbocycles. The summed E-state index contributed by atoms with van der Waals surface area (Å²) in [5, 5.41) is 18.5. The minimum atomic E-state index is -1.17. The molecule has 1 fully saturated rings. The van der Waals surface area contributed by atoms with Crippen LogP contribution >= 0.6 is 23.5 Å². The molecule has 2 aliphatic rings. The fourth-order valence-electron chi connectivity index (χ4n) is 2.19. The quantitative estimate of drug-likeness (QED) is 0.410. The average Bonchev–Trinajstić information content (AvgIpc) is 2.77. The number of ether oxygens (including phenoxy) is 1. The van der Waals surface area contributed by atoms with Crippen molar-refractivity contribution in [2.45, 2.75) is 18.4 Å². The monoisotopic (exact) mass is 345 g/mol. The van der Waals surface area contributed by atoms with Gasteiger partial charge in [-0.15, -0.1) is 11.8 Å². The number of aliphatic hydroxyl groups is 1. The second kappa shape index (κ2) is 6.76. The van der Waals surface area contributed by atoms with Gasteiger partial charge >= 0.3 is 11.9 Å². The molecule has 2 aliphatic heterocycles. The van der Waals surface area contributed by atoms with Gasteiger partial charge in [-0.2, -0.15) is 0 Å². The van der Waals surface area contributed by atoms with Crippen LogP contribution < -0.4 is 0 Å². The highest BCUT2D eigenvalue weighted by molar-refractivity contribution is 8.22. The molecule has 2 heterocycles. The van der Waals surface area contributed by atoms with E-state index in [0.717, 1.165) is 0 Å². The van der Waals surface area contributed by atoms with Gasteiger partial charge in [-0.05, 0) is 6.92 Å². The molecular weight excluding hydrogens is 330 g/mol. The molecular formula is C13H15NO6S2. The van der Waals surface area contributed by atoms with E-state index in [-0.39, 0.29) is 17.0 Å². The van der Waals surface area contributed by atoms with Gasteiger partial charge in [0.25, 0.3) is 0 Å². The topological polar surface area (TPSA) is 104 Å². The van der Waals surface area contributed by atoms with E-state index in [1.807, 2.05) is 0 Å². The second-order valence-corrected chi connectivity index (χ2v) is 7.08. The minimum Gasteiger partial charge on any atom is -0.477 e. The summed E-state index contributed by atoms with van der Waals surface area (Å²) in [6.45, 7) is 1.52. The second-order valence-electron chi connectivity index (χ2n) is 4.66. The maximum Gasteiger partial charge on any atom is 0.354 e. The predicted molar refractivity (Wildman–Crippen MR) is 81.7 cm³/mol. The number of hydrogen-bond acceptors (Lipinski definition) is 7. The maximum absolute atomic E-state index is 12.0. The largest absolute Gasteiger partial charge is 0.477 e. The molecule has 2 rings (SSSR count). The van der Waals surface area contributed by atoms with Gasteiger partial charge in [-0.25, -0.2) is 9.59 Å². The Morgan fingerprint density at radius 3 is 2.77 bits per heavy atom. The van der Waals surface area contributed by atoms with Crippen molar-refractivity contribution in [3.8, 4) is 0 Å². The number of carboxylic acid groups (broad SMARTS) is 1. The number of esters is 1. The van der Waals surface area contributed by atoms with E-state index in [2.05, 4.69) is 4.74 Å². The van der Waals surface area contributed by atoms with Crippen LogP contribution in [0.15, 0.2) is 22.1 Å². The van der Waals surface area contributed by atoms with Crippen molar-refractivity contribution in [3.05, 3.63) is 22.1 Å². The molecule has 0 radical (unpaired) electrons. The fraction of sp³-hybridized carbons (Fsp3) is 0.462. The number of aliphatic carboxylic acids is 1. The van der Waals surface area contributed by atoms with E-state index < -0.39 is 24.0 Å². The third-order valence-corrected chi connectivity index (χ3v) is 5.84. The summed E-state index contributed by atoms with van der Waals surface area (Å²) in [7, 11) is 1.27. The summed E-state index contributed by atoms with van der Waals surface area (Å²) in [4.78, 5) is 35.5. The molecule has 9 heteroatoms. The molecule has 0 aromatic heterocycles. The molecule has 0 aromatic carbocycles. The molecule has 0 unspecified atom stereocenters. The van der Waals surface area contributed by atoms with E-state index in [4.69, 9.17) is 0 Å². The van der Waals surface area contributed by atoms with Crippen LogP contribution in [0.25, 0.3) is 0 Å². The highest BCUT2D eigenvalue weighted by Crippen LogP contribution is 2.53. The number of nitrogens with zero attached hydrogens (tertiary/aromatic N) is 1. The SMILES string of the molecule is COC(=O)C=CCSC1=C(C(=O)O)N2C(=O)[C@H]([C@@H](C)O)[C@H]2S1. The first-order chi connectivity index (χ1) is 10.4. The molecule has 0 bridgehead atoms. The molecule has 3 atom stereocenters. The fourth-order valence-corrected chi connectivity index (χ4v) is 4.95. The Bertz CT molecular complexity index is 571. The van der Waals surface area contributed by atoms with E-state index >= 15 is 0 Å². The molecule has 1 saturated heterocycles. The lowest BCUT2D eigenvalue weighted by atomic mass is 9.92. The van der Waals surface area contributed by atoms with Gasteiger partial charge in [0.15, 0.2) is 5.70 Å². The average molecular weight is 345 g/mol. The van der Waals surface area contributed by atoms with Crippen LogP contribution in [0.3, 0.4) is 0 Å². The van der Waals surface area contributed by atoms with Crippen molar-refractivity contribution in [1.82, 2.24) is 4.90 Å². The van der Waals surface area contributed by atoms with Crippen molar-refractivity contribution in [2.24, 2.45) is 5.92 Å². The van der Waals surface area contributed by atoms with Crippen LogP contribution in [0.4, 0.5) is 0 Å². The summed E-state index contributed by atoms with van der Waals surface area (Å²) in [5.74, 6) is -2.23. The Morgan fingerprint density at radius 1 is 1.55 bits per heavy atom. The predicted octanol–water partition coefficient (Wildman–Crippen LogP) is 0.615. The molecule has 120 valence electrons. The molecule has 0 spiro atoms. The number of hydrogen-bond donors (Lipinski definition) is 2. The van der Waals surface area contributed by atoms with Crippen molar-refractivity contribution in [3.63, 3.8) is 0 Å². The number of carboxylic acids is 1. The van der Waals surface area contributed by atoms with Crippen LogP contribution in [-0.4, -0.2) is 57.3 Å². The van der Waals surface area contributed by atoms with Gasteiger partial charge in [0.05, 0.1) is 23.4 Å². The number of carbonyl (C=O) groups is 3. The number of β-lactam (4-membered cyclic amide) rings is 1.